The minimum atomic E-state index is 0.376. The van der Waals surface area contributed by atoms with Crippen LogP contribution in [-0.4, -0.2) is 27.5 Å². The molecule has 0 aliphatic rings. The van der Waals surface area contributed by atoms with Crippen molar-refractivity contribution >= 4 is 17.0 Å². The van der Waals surface area contributed by atoms with Crippen LogP contribution in [0.25, 0.3) is 11.0 Å². The molecular formula is C9H11N5. The molecule has 14 heavy (non-hydrogen) atoms. The van der Waals surface area contributed by atoms with Crippen LogP contribution in [0, 0.1) is 0 Å². The highest BCUT2D eigenvalue weighted by molar-refractivity contribution is 5.89. The summed E-state index contributed by atoms with van der Waals surface area (Å²) in [7, 11) is 0. The van der Waals surface area contributed by atoms with Crippen molar-refractivity contribution in [2.75, 3.05) is 6.54 Å². The lowest BCUT2D eigenvalue weighted by Crippen LogP contribution is -2.23. The fourth-order valence-corrected chi connectivity index (χ4v) is 1.27. The zero-order valence-electron chi connectivity index (χ0n) is 7.88. The van der Waals surface area contributed by atoms with Crippen molar-refractivity contribution in [2.45, 2.75) is 6.92 Å². The van der Waals surface area contributed by atoms with E-state index in [9.17, 15) is 0 Å². The van der Waals surface area contributed by atoms with Crippen LogP contribution in [0.5, 0.6) is 0 Å². The smallest absolute Gasteiger partial charge is 0.218 e. The molecule has 0 saturated heterocycles. The molecule has 1 heterocycles. The molecule has 0 radical (unpaired) electrons. The molecule has 2 aromatic rings. The van der Waals surface area contributed by atoms with Gasteiger partial charge in [-0.1, -0.05) is 17.3 Å². The largest absolute Gasteiger partial charge is 0.368 e. The van der Waals surface area contributed by atoms with Gasteiger partial charge in [-0.2, -0.15) is 4.68 Å². The Balaban J connectivity index is 2.58. The van der Waals surface area contributed by atoms with E-state index in [2.05, 4.69) is 15.3 Å². The van der Waals surface area contributed by atoms with Crippen molar-refractivity contribution in [3.05, 3.63) is 24.3 Å². The molecule has 0 aliphatic heterocycles. The highest BCUT2D eigenvalue weighted by Gasteiger charge is 2.04. The second-order valence-corrected chi connectivity index (χ2v) is 2.82. The number of rotatable bonds is 1. The number of hydrogen-bond donors (Lipinski definition) is 1. The van der Waals surface area contributed by atoms with Gasteiger partial charge in [0.1, 0.15) is 5.52 Å². The van der Waals surface area contributed by atoms with Gasteiger partial charge in [0.25, 0.3) is 0 Å². The van der Waals surface area contributed by atoms with Crippen LogP contribution < -0.4 is 5.73 Å². The number of aromatic nitrogens is 3. The van der Waals surface area contributed by atoms with Gasteiger partial charge in [-0.05, 0) is 19.1 Å². The SMILES string of the molecule is CCN=C(N)n1nnc2ccccc21. The number of hydrogen-bond acceptors (Lipinski definition) is 3. The molecule has 0 atom stereocenters. The predicted octanol–water partition coefficient (Wildman–Crippen LogP) is 0.614. The molecule has 72 valence electrons. The van der Waals surface area contributed by atoms with Crippen LogP contribution in [0.15, 0.2) is 29.3 Å². The highest BCUT2D eigenvalue weighted by Crippen LogP contribution is 2.08. The molecule has 0 bridgehead atoms. The Morgan fingerprint density at radius 1 is 1.50 bits per heavy atom. The summed E-state index contributed by atoms with van der Waals surface area (Å²) in [5.74, 6) is 0.376. The van der Waals surface area contributed by atoms with E-state index in [4.69, 9.17) is 5.73 Å². The summed E-state index contributed by atoms with van der Waals surface area (Å²) in [4.78, 5) is 4.07. The molecule has 1 aromatic heterocycles. The van der Waals surface area contributed by atoms with Crippen LogP contribution in [-0.2, 0) is 0 Å². The fraction of sp³-hybridized carbons (Fsp3) is 0.222. The lowest BCUT2D eigenvalue weighted by molar-refractivity contribution is 0.845. The standard InChI is InChI=1S/C9H11N5/c1-2-11-9(10)14-8-6-4-3-5-7(8)12-13-14/h3-6H,2H2,1H3,(H2,10,11). The minimum absolute atomic E-state index is 0.376. The molecule has 0 spiro atoms. The summed E-state index contributed by atoms with van der Waals surface area (Å²) in [6.45, 7) is 2.56. The molecule has 1 aromatic carbocycles. The highest BCUT2D eigenvalue weighted by atomic mass is 15.5. The third kappa shape index (κ3) is 1.32. The Labute approximate surface area is 81.2 Å². The number of fused-ring (bicyclic) bond motifs is 1. The molecule has 0 saturated carbocycles. The van der Waals surface area contributed by atoms with E-state index >= 15 is 0 Å². The van der Waals surface area contributed by atoms with Crippen molar-refractivity contribution in [1.82, 2.24) is 15.0 Å². The van der Waals surface area contributed by atoms with Crippen molar-refractivity contribution in [2.24, 2.45) is 10.7 Å². The normalized spacial score (nSPS) is 12.2. The maximum Gasteiger partial charge on any atom is 0.218 e. The number of aliphatic imine (C=N–C) groups is 1. The monoisotopic (exact) mass is 189 g/mol. The second kappa shape index (κ2) is 3.45. The third-order valence-corrected chi connectivity index (χ3v) is 1.89. The van der Waals surface area contributed by atoms with Crippen molar-refractivity contribution < 1.29 is 0 Å². The van der Waals surface area contributed by atoms with E-state index in [1.54, 1.807) is 4.68 Å². The lowest BCUT2D eigenvalue weighted by Gasteiger charge is -1.98. The lowest BCUT2D eigenvalue weighted by atomic mass is 10.3. The first-order chi connectivity index (χ1) is 6.83. The summed E-state index contributed by atoms with van der Waals surface area (Å²) < 4.78 is 1.54. The van der Waals surface area contributed by atoms with Gasteiger partial charge in [0, 0.05) is 6.54 Å². The minimum Gasteiger partial charge on any atom is -0.368 e. The first-order valence-electron chi connectivity index (χ1n) is 4.43. The summed E-state index contributed by atoms with van der Waals surface area (Å²) in [5, 5.41) is 7.90. The number of para-hydroxylation sites is 1. The Morgan fingerprint density at radius 3 is 3.07 bits per heavy atom. The molecule has 5 nitrogen and oxygen atoms in total. The van der Waals surface area contributed by atoms with Crippen molar-refractivity contribution in [1.29, 1.82) is 0 Å². The quantitative estimate of drug-likeness (QED) is 0.528. The van der Waals surface area contributed by atoms with Crippen molar-refractivity contribution in [3.63, 3.8) is 0 Å². The first kappa shape index (κ1) is 8.68. The van der Waals surface area contributed by atoms with E-state index in [0.717, 1.165) is 11.0 Å². The van der Waals surface area contributed by atoms with Gasteiger partial charge in [-0.3, -0.25) is 4.99 Å². The van der Waals surface area contributed by atoms with E-state index in [0.29, 0.717) is 12.5 Å². The molecule has 5 heteroatoms. The van der Waals surface area contributed by atoms with E-state index in [1.807, 2.05) is 31.2 Å². The average Bonchev–Trinajstić information content (AvgIpc) is 2.61. The Bertz CT molecular complexity index is 471. The van der Waals surface area contributed by atoms with Gasteiger partial charge in [0.05, 0.1) is 5.52 Å². The van der Waals surface area contributed by atoms with Crippen LogP contribution in [0.3, 0.4) is 0 Å². The van der Waals surface area contributed by atoms with Gasteiger partial charge in [0.15, 0.2) is 0 Å². The number of benzene rings is 1. The molecule has 0 amide bonds. The molecule has 2 rings (SSSR count). The topological polar surface area (TPSA) is 69.1 Å². The number of nitrogens with two attached hydrogens (primary N) is 1. The van der Waals surface area contributed by atoms with Gasteiger partial charge < -0.3 is 5.73 Å². The molecular weight excluding hydrogens is 178 g/mol. The van der Waals surface area contributed by atoms with Crippen LogP contribution in [0.2, 0.25) is 0 Å². The Hall–Kier alpha value is -1.91. The first-order valence-corrected chi connectivity index (χ1v) is 4.43. The van der Waals surface area contributed by atoms with Gasteiger partial charge >= 0.3 is 0 Å². The molecule has 0 aliphatic carbocycles. The van der Waals surface area contributed by atoms with Gasteiger partial charge in [-0.15, -0.1) is 5.10 Å². The maximum absolute atomic E-state index is 5.73. The van der Waals surface area contributed by atoms with Gasteiger partial charge in [-0.25, -0.2) is 0 Å². The van der Waals surface area contributed by atoms with Gasteiger partial charge in [0.2, 0.25) is 5.96 Å². The molecule has 0 unspecified atom stereocenters. The molecule has 2 N–H and O–H groups in total. The van der Waals surface area contributed by atoms with E-state index < -0.39 is 0 Å². The van der Waals surface area contributed by atoms with Crippen LogP contribution in [0.1, 0.15) is 6.92 Å². The van der Waals surface area contributed by atoms with E-state index in [-0.39, 0.29) is 0 Å². The number of nitrogens with zero attached hydrogens (tertiary/aromatic N) is 4. The van der Waals surface area contributed by atoms with Crippen LogP contribution in [0.4, 0.5) is 0 Å². The predicted molar refractivity (Wildman–Crippen MR) is 55.1 cm³/mol. The summed E-state index contributed by atoms with van der Waals surface area (Å²) in [5.41, 5.74) is 7.42. The van der Waals surface area contributed by atoms with Crippen molar-refractivity contribution in [3.8, 4) is 0 Å². The summed E-state index contributed by atoms with van der Waals surface area (Å²) in [6, 6.07) is 7.63. The van der Waals surface area contributed by atoms with E-state index in [1.165, 1.54) is 0 Å². The fourth-order valence-electron chi connectivity index (χ4n) is 1.27. The Morgan fingerprint density at radius 2 is 2.29 bits per heavy atom. The maximum atomic E-state index is 5.73. The average molecular weight is 189 g/mol. The third-order valence-electron chi connectivity index (χ3n) is 1.89. The second-order valence-electron chi connectivity index (χ2n) is 2.82. The summed E-state index contributed by atoms with van der Waals surface area (Å²) >= 11 is 0. The molecule has 0 fully saturated rings. The Kier molecular flexibility index (Phi) is 2.14. The zero-order chi connectivity index (χ0) is 9.97. The zero-order valence-corrected chi connectivity index (χ0v) is 7.88. The van der Waals surface area contributed by atoms with Crippen LogP contribution >= 0.6 is 0 Å². The summed E-state index contributed by atoms with van der Waals surface area (Å²) in [6.07, 6.45) is 0.